The lowest BCUT2D eigenvalue weighted by Gasteiger charge is -1.98. The summed E-state index contributed by atoms with van der Waals surface area (Å²) in [5.74, 6) is -2.46. The van der Waals surface area contributed by atoms with Gasteiger partial charge in [-0.3, -0.25) is 0 Å². The Morgan fingerprint density at radius 1 is 0.533 bits per heavy atom. The molecule has 4 nitrogen and oxygen atoms in total. The van der Waals surface area contributed by atoms with Gasteiger partial charge in [0.25, 0.3) is 0 Å². The van der Waals surface area contributed by atoms with Gasteiger partial charge in [0.1, 0.15) is 0 Å². The Morgan fingerprint density at radius 3 is 0.967 bits per heavy atom. The van der Waals surface area contributed by atoms with Crippen molar-refractivity contribution in [1.82, 2.24) is 0 Å². The van der Waals surface area contributed by atoms with E-state index in [1.54, 1.807) is 0 Å². The molecule has 1 aromatic rings. The summed E-state index contributed by atoms with van der Waals surface area (Å²) in [5.41, 5.74) is -0.380. The second-order valence-electron chi connectivity index (χ2n) is 7.69. The van der Waals surface area contributed by atoms with E-state index in [9.17, 15) is 9.59 Å². The van der Waals surface area contributed by atoms with Gasteiger partial charge in [-0.1, -0.05) is 130 Å². The number of benzene rings is 1. The number of hydrogen-bond acceptors (Lipinski definition) is 2. The van der Waals surface area contributed by atoms with E-state index < -0.39 is 11.9 Å². The first-order valence-electron chi connectivity index (χ1n) is 12.0. The van der Waals surface area contributed by atoms with Gasteiger partial charge in [-0.05, 0) is 12.1 Å². The van der Waals surface area contributed by atoms with Crippen molar-refractivity contribution < 1.29 is 19.8 Å². The fourth-order valence-corrected chi connectivity index (χ4v) is 2.92. The molecule has 0 saturated heterocycles. The van der Waals surface area contributed by atoms with Crippen LogP contribution < -0.4 is 0 Å². The van der Waals surface area contributed by atoms with Gasteiger partial charge < -0.3 is 10.2 Å². The largest absolute Gasteiger partial charge is 0.478 e. The average molecular weight is 423 g/mol. The molecule has 0 fully saturated rings. The van der Waals surface area contributed by atoms with E-state index in [0.717, 1.165) is 0 Å². The molecule has 2 N–H and O–H groups in total. The van der Waals surface area contributed by atoms with Crippen LogP contribution in [0.5, 0.6) is 0 Å². The van der Waals surface area contributed by atoms with Crippen LogP contribution >= 0.6 is 0 Å². The molecule has 0 amide bonds. The maximum atomic E-state index is 10.5. The quantitative estimate of drug-likeness (QED) is 0.294. The number of carbonyl (C=O) groups is 2. The van der Waals surface area contributed by atoms with Crippen LogP contribution in [0.3, 0.4) is 0 Å². The van der Waals surface area contributed by atoms with Gasteiger partial charge in [0.2, 0.25) is 0 Å². The maximum absolute atomic E-state index is 10.5. The summed E-state index contributed by atoms with van der Waals surface area (Å²) in [4.78, 5) is 20.9. The van der Waals surface area contributed by atoms with Crippen LogP contribution in [0.2, 0.25) is 0 Å². The Balaban J connectivity index is 0. The van der Waals surface area contributed by atoms with Crippen molar-refractivity contribution in [3.63, 3.8) is 0 Å². The fourth-order valence-electron chi connectivity index (χ4n) is 2.92. The zero-order chi connectivity index (χ0) is 23.0. The predicted octanol–water partition coefficient (Wildman–Crippen LogP) is 8.60. The Morgan fingerprint density at radius 2 is 0.767 bits per heavy atom. The van der Waals surface area contributed by atoms with E-state index in [4.69, 9.17) is 10.2 Å². The molecule has 0 unspecified atom stereocenters. The predicted molar refractivity (Wildman–Crippen MR) is 128 cm³/mol. The highest BCUT2D eigenvalue weighted by molar-refractivity contribution is 6.01. The van der Waals surface area contributed by atoms with Gasteiger partial charge in [0.15, 0.2) is 0 Å². The third-order valence-electron chi connectivity index (χ3n) is 4.80. The van der Waals surface area contributed by atoms with Crippen LogP contribution in [0.15, 0.2) is 24.3 Å². The molecule has 0 bridgehead atoms. The molecule has 174 valence electrons. The minimum absolute atomic E-state index is 0.190. The summed E-state index contributed by atoms with van der Waals surface area (Å²) in [7, 11) is 0. The third kappa shape index (κ3) is 19.5. The molecule has 0 aliphatic heterocycles. The number of hydrogen-bond donors (Lipinski definition) is 2. The van der Waals surface area contributed by atoms with Gasteiger partial charge in [0.05, 0.1) is 11.1 Å². The summed E-state index contributed by atoms with van der Waals surface area (Å²) in [5, 5.41) is 17.1. The van der Waals surface area contributed by atoms with Crippen molar-refractivity contribution in [2.75, 3.05) is 0 Å². The summed E-state index contributed by atoms with van der Waals surface area (Å²) >= 11 is 0. The second kappa shape index (κ2) is 23.4. The summed E-state index contributed by atoms with van der Waals surface area (Å²) in [6.45, 7) is 9.05. The smallest absolute Gasteiger partial charge is 0.336 e. The topological polar surface area (TPSA) is 74.6 Å². The van der Waals surface area contributed by atoms with Crippen molar-refractivity contribution in [3.05, 3.63) is 35.4 Å². The first-order chi connectivity index (χ1) is 14.5. The zero-order valence-electron chi connectivity index (χ0n) is 19.9. The third-order valence-corrected chi connectivity index (χ3v) is 4.80. The van der Waals surface area contributed by atoms with Crippen LogP contribution in [-0.2, 0) is 0 Å². The lowest BCUT2D eigenvalue weighted by Crippen LogP contribution is -2.06. The molecule has 0 spiro atoms. The minimum Gasteiger partial charge on any atom is -0.478 e. The Hall–Kier alpha value is -1.84. The van der Waals surface area contributed by atoms with E-state index in [-0.39, 0.29) is 11.1 Å². The van der Waals surface area contributed by atoms with Crippen molar-refractivity contribution in [1.29, 1.82) is 0 Å². The van der Waals surface area contributed by atoms with Crippen molar-refractivity contribution in [2.45, 2.75) is 118 Å². The van der Waals surface area contributed by atoms with Gasteiger partial charge in [-0.25, -0.2) is 9.59 Å². The van der Waals surface area contributed by atoms with Crippen molar-refractivity contribution >= 4 is 11.9 Å². The summed E-state index contributed by atoms with van der Waals surface area (Å²) in [6, 6.07) is 5.48. The number of rotatable bonds is 14. The first kappa shape index (κ1) is 30.4. The van der Waals surface area contributed by atoms with E-state index in [2.05, 4.69) is 27.7 Å². The molecule has 0 aliphatic carbocycles. The average Bonchev–Trinajstić information content (AvgIpc) is 2.75. The fraction of sp³-hybridized carbons (Fsp3) is 0.692. The van der Waals surface area contributed by atoms with Crippen LogP contribution in [0.25, 0.3) is 0 Å². The molecule has 0 atom stereocenters. The molecule has 4 heteroatoms. The first-order valence-corrected chi connectivity index (χ1v) is 12.0. The molecule has 1 aromatic carbocycles. The van der Waals surface area contributed by atoms with Gasteiger partial charge >= 0.3 is 11.9 Å². The Kier molecular flexibility index (Phi) is 23.7. The molecule has 30 heavy (non-hydrogen) atoms. The number of aromatic carboxylic acids is 2. The molecule has 1 rings (SSSR count). The molecular weight excluding hydrogens is 376 g/mol. The van der Waals surface area contributed by atoms with E-state index in [1.165, 1.54) is 114 Å². The van der Waals surface area contributed by atoms with Crippen molar-refractivity contribution in [3.8, 4) is 0 Å². The van der Waals surface area contributed by atoms with Crippen LogP contribution in [0.4, 0.5) is 0 Å². The van der Waals surface area contributed by atoms with Gasteiger partial charge in [0, 0.05) is 0 Å². The summed E-state index contributed by atoms with van der Waals surface area (Å²) < 4.78 is 0. The van der Waals surface area contributed by atoms with Crippen LogP contribution in [0, 0.1) is 0 Å². The monoisotopic (exact) mass is 422 g/mol. The molecule has 0 aliphatic rings. The molecule has 0 saturated carbocycles. The normalized spacial score (nSPS) is 9.73. The molecule has 0 heterocycles. The summed E-state index contributed by atoms with van der Waals surface area (Å²) in [6.07, 6.45) is 19.9. The minimum atomic E-state index is -1.23. The zero-order valence-corrected chi connectivity index (χ0v) is 19.9. The lowest BCUT2D eigenvalue weighted by atomic mass is 10.1. The van der Waals surface area contributed by atoms with E-state index in [0.29, 0.717) is 0 Å². The molecular formula is C26H46O4. The second-order valence-corrected chi connectivity index (χ2v) is 7.69. The Labute approximate surface area is 185 Å². The number of carboxylic acids is 2. The van der Waals surface area contributed by atoms with Gasteiger partial charge in [-0.2, -0.15) is 0 Å². The van der Waals surface area contributed by atoms with Crippen LogP contribution in [-0.4, -0.2) is 22.2 Å². The van der Waals surface area contributed by atoms with Crippen molar-refractivity contribution in [2.24, 2.45) is 0 Å². The van der Waals surface area contributed by atoms with E-state index >= 15 is 0 Å². The molecule has 0 aromatic heterocycles. The lowest BCUT2D eigenvalue weighted by molar-refractivity contribution is 0.0651. The number of unbranched alkanes of at least 4 members (excludes halogenated alkanes) is 12. The van der Waals surface area contributed by atoms with E-state index in [1.807, 2.05) is 0 Å². The SMILES string of the molecule is CCCCCCCC.CCCCCCCCCC.O=C(O)c1ccccc1C(=O)O. The molecule has 0 radical (unpaired) electrons. The number of carboxylic acid groups (broad SMARTS) is 2. The maximum Gasteiger partial charge on any atom is 0.336 e. The Bertz CT molecular complexity index is 479. The highest BCUT2D eigenvalue weighted by Crippen LogP contribution is 2.08. The standard InChI is InChI=1S/C10H22.C8H6O4.C8H18/c1-3-5-7-9-10-8-6-4-2;9-7(10)5-3-1-2-4-6(5)8(11)12;1-3-5-7-8-6-4-2/h3-10H2,1-2H3;1-4H,(H,9,10)(H,11,12);3-8H2,1-2H3. The van der Waals surface area contributed by atoms with Crippen LogP contribution in [0.1, 0.15) is 138 Å². The highest BCUT2D eigenvalue weighted by atomic mass is 16.4. The van der Waals surface area contributed by atoms with Gasteiger partial charge in [-0.15, -0.1) is 0 Å². The highest BCUT2D eigenvalue weighted by Gasteiger charge is 2.13.